The first-order valence-corrected chi connectivity index (χ1v) is 11.5. The Balaban J connectivity index is 1.77. The molecule has 0 radical (unpaired) electrons. The van der Waals surface area contributed by atoms with Crippen molar-refractivity contribution in [2.45, 2.75) is 35.6 Å². The van der Waals surface area contributed by atoms with Crippen LogP contribution in [0.1, 0.15) is 19.3 Å². The first-order valence-electron chi connectivity index (χ1n) is 8.59. The van der Waals surface area contributed by atoms with E-state index in [0.29, 0.717) is 13.1 Å². The van der Waals surface area contributed by atoms with Crippen molar-refractivity contribution in [1.29, 1.82) is 0 Å². The molecule has 0 saturated carbocycles. The zero-order chi connectivity index (χ0) is 19.5. The van der Waals surface area contributed by atoms with Gasteiger partial charge in [0, 0.05) is 19.3 Å². The monoisotopic (exact) mass is 414 g/mol. The molecule has 0 atom stereocenters. The van der Waals surface area contributed by atoms with Crippen molar-refractivity contribution in [2.24, 2.45) is 0 Å². The number of aromatic nitrogens is 2. The number of piperidine rings is 1. The zero-order valence-corrected chi connectivity index (χ0v) is 16.3. The van der Waals surface area contributed by atoms with E-state index in [1.807, 2.05) is 0 Å². The molecule has 148 valence electrons. The van der Waals surface area contributed by atoms with E-state index in [9.17, 15) is 16.8 Å². The van der Waals surface area contributed by atoms with Gasteiger partial charge in [-0.2, -0.15) is 9.40 Å². The third-order valence-electron chi connectivity index (χ3n) is 4.30. The van der Waals surface area contributed by atoms with Crippen LogP contribution >= 0.6 is 0 Å². The highest BCUT2D eigenvalue weighted by Gasteiger charge is 2.26. The number of aliphatic hydroxyl groups excluding tert-OH is 1. The Morgan fingerprint density at radius 3 is 2.26 bits per heavy atom. The molecule has 1 aromatic heterocycles. The smallest absolute Gasteiger partial charge is 0.261 e. The Morgan fingerprint density at radius 2 is 1.63 bits per heavy atom. The maximum Gasteiger partial charge on any atom is 0.261 e. The van der Waals surface area contributed by atoms with E-state index in [4.69, 9.17) is 5.11 Å². The average Bonchev–Trinajstić information content (AvgIpc) is 3.09. The molecule has 1 aliphatic rings. The van der Waals surface area contributed by atoms with Crippen LogP contribution in [0.4, 0.5) is 5.69 Å². The number of benzene rings is 1. The molecule has 11 heteroatoms. The van der Waals surface area contributed by atoms with Gasteiger partial charge >= 0.3 is 0 Å². The van der Waals surface area contributed by atoms with Crippen molar-refractivity contribution in [3.05, 3.63) is 36.7 Å². The van der Waals surface area contributed by atoms with E-state index in [1.165, 1.54) is 45.6 Å². The van der Waals surface area contributed by atoms with Crippen molar-refractivity contribution in [3.63, 3.8) is 0 Å². The van der Waals surface area contributed by atoms with Gasteiger partial charge in [0.2, 0.25) is 10.0 Å². The van der Waals surface area contributed by atoms with Gasteiger partial charge in [0.1, 0.15) is 0 Å². The molecule has 9 nitrogen and oxygen atoms in total. The first kappa shape index (κ1) is 19.8. The van der Waals surface area contributed by atoms with E-state index in [-0.39, 0.29) is 28.6 Å². The Kier molecular flexibility index (Phi) is 5.84. The number of hydrogen-bond donors (Lipinski definition) is 2. The molecule has 0 unspecified atom stereocenters. The minimum Gasteiger partial charge on any atom is -0.394 e. The molecule has 0 bridgehead atoms. The number of nitrogens with zero attached hydrogens (tertiary/aromatic N) is 3. The van der Waals surface area contributed by atoms with Gasteiger partial charge in [0.25, 0.3) is 10.0 Å². The van der Waals surface area contributed by atoms with Gasteiger partial charge < -0.3 is 5.11 Å². The third kappa shape index (κ3) is 4.49. The molecular weight excluding hydrogens is 392 g/mol. The normalized spacial score (nSPS) is 16.3. The SMILES string of the molecule is O=S(=O)(Nc1cnn(CCO)c1)c1ccc(S(=O)(=O)N2CCCCC2)cc1. The molecule has 0 aliphatic carbocycles. The second kappa shape index (κ2) is 7.97. The summed E-state index contributed by atoms with van der Waals surface area (Å²) >= 11 is 0. The number of hydrogen-bond acceptors (Lipinski definition) is 6. The van der Waals surface area contributed by atoms with Gasteiger partial charge in [-0.1, -0.05) is 6.42 Å². The highest BCUT2D eigenvalue weighted by molar-refractivity contribution is 7.92. The van der Waals surface area contributed by atoms with Gasteiger partial charge in [-0.3, -0.25) is 9.40 Å². The van der Waals surface area contributed by atoms with Crippen molar-refractivity contribution < 1.29 is 21.9 Å². The average molecular weight is 415 g/mol. The predicted molar refractivity (Wildman–Crippen MR) is 99.2 cm³/mol. The molecule has 1 saturated heterocycles. The van der Waals surface area contributed by atoms with Gasteiger partial charge in [0.05, 0.1) is 34.8 Å². The highest BCUT2D eigenvalue weighted by Crippen LogP contribution is 2.23. The molecule has 2 heterocycles. The Bertz CT molecular complexity index is 978. The lowest BCUT2D eigenvalue weighted by molar-refractivity contribution is 0.269. The summed E-state index contributed by atoms with van der Waals surface area (Å²) in [6, 6.07) is 5.18. The lowest BCUT2D eigenvalue weighted by Crippen LogP contribution is -2.35. The van der Waals surface area contributed by atoms with Crippen LogP contribution in [0.5, 0.6) is 0 Å². The van der Waals surface area contributed by atoms with Crippen LogP contribution in [0.3, 0.4) is 0 Å². The predicted octanol–water partition coefficient (Wildman–Crippen LogP) is 0.851. The van der Waals surface area contributed by atoms with Crippen molar-refractivity contribution in [3.8, 4) is 0 Å². The first-order chi connectivity index (χ1) is 12.8. The lowest BCUT2D eigenvalue weighted by Gasteiger charge is -2.25. The van der Waals surface area contributed by atoms with Crippen LogP contribution in [0, 0.1) is 0 Å². The van der Waals surface area contributed by atoms with Gasteiger partial charge in [-0.05, 0) is 37.1 Å². The van der Waals surface area contributed by atoms with Gasteiger partial charge in [-0.15, -0.1) is 0 Å². The van der Waals surface area contributed by atoms with Crippen LogP contribution in [-0.2, 0) is 26.6 Å². The lowest BCUT2D eigenvalue weighted by atomic mass is 10.2. The summed E-state index contributed by atoms with van der Waals surface area (Å²) in [6.07, 6.45) is 5.48. The fraction of sp³-hybridized carbons (Fsp3) is 0.438. The number of anilines is 1. The van der Waals surface area contributed by atoms with Crippen molar-refractivity contribution >= 4 is 25.7 Å². The summed E-state index contributed by atoms with van der Waals surface area (Å²) < 4.78 is 55.4. The van der Waals surface area contributed by atoms with Gasteiger partial charge in [-0.25, -0.2) is 16.8 Å². The number of sulfonamides is 2. The number of nitrogens with one attached hydrogen (secondary N) is 1. The van der Waals surface area contributed by atoms with Crippen molar-refractivity contribution in [2.75, 3.05) is 24.4 Å². The minimum absolute atomic E-state index is 0.0463. The zero-order valence-electron chi connectivity index (χ0n) is 14.7. The van der Waals surface area contributed by atoms with E-state index in [1.54, 1.807) is 0 Å². The van der Waals surface area contributed by atoms with E-state index >= 15 is 0 Å². The number of aliphatic hydroxyl groups is 1. The van der Waals surface area contributed by atoms with Crippen LogP contribution < -0.4 is 4.72 Å². The molecule has 27 heavy (non-hydrogen) atoms. The maximum atomic E-state index is 12.6. The maximum absolute atomic E-state index is 12.6. The fourth-order valence-electron chi connectivity index (χ4n) is 2.90. The second-order valence-corrected chi connectivity index (χ2v) is 9.88. The molecule has 1 aliphatic heterocycles. The molecule has 1 aromatic carbocycles. The largest absolute Gasteiger partial charge is 0.394 e. The Hall–Kier alpha value is -1.95. The molecule has 1 fully saturated rings. The molecule has 3 rings (SSSR count). The molecule has 2 N–H and O–H groups in total. The molecule has 0 spiro atoms. The van der Waals surface area contributed by atoms with Crippen LogP contribution in [-0.4, -0.2) is 55.7 Å². The molecule has 0 amide bonds. The van der Waals surface area contributed by atoms with Crippen LogP contribution in [0.2, 0.25) is 0 Å². The fourth-order valence-corrected chi connectivity index (χ4v) is 5.45. The topological polar surface area (TPSA) is 122 Å². The minimum atomic E-state index is -3.88. The summed E-state index contributed by atoms with van der Waals surface area (Å²) in [5.41, 5.74) is 0.258. The summed E-state index contributed by atoms with van der Waals surface area (Å²) in [6.45, 7) is 1.12. The summed E-state index contributed by atoms with van der Waals surface area (Å²) in [4.78, 5) is 0.0362. The molecular formula is C16H22N4O5S2. The highest BCUT2D eigenvalue weighted by atomic mass is 32.2. The van der Waals surface area contributed by atoms with Gasteiger partial charge in [0.15, 0.2) is 0 Å². The van der Waals surface area contributed by atoms with Crippen molar-refractivity contribution in [1.82, 2.24) is 14.1 Å². The van der Waals surface area contributed by atoms with E-state index in [2.05, 4.69) is 9.82 Å². The quantitative estimate of drug-likeness (QED) is 0.693. The second-order valence-electron chi connectivity index (χ2n) is 6.26. The van der Waals surface area contributed by atoms with E-state index in [0.717, 1.165) is 19.3 Å². The standard InChI is InChI=1S/C16H22N4O5S2/c21-11-10-19-13-14(12-17-19)18-26(22,23)15-4-6-16(7-5-15)27(24,25)20-8-2-1-3-9-20/h4-7,12-13,18,21H,1-3,8-11H2. The van der Waals surface area contributed by atoms with E-state index < -0.39 is 20.0 Å². The summed E-state index contributed by atoms with van der Waals surface area (Å²) in [5.74, 6) is 0. The Labute approximate surface area is 158 Å². The number of rotatable bonds is 7. The summed E-state index contributed by atoms with van der Waals surface area (Å²) in [5, 5.41) is 12.8. The van der Waals surface area contributed by atoms with Crippen LogP contribution in [0.15, 0.2) is 46.5 Å². The third-order valence-corrected chi connectivity index (χ3v) is 7.61. The molecule has 2 aromatic rings. The summed E-state index contributed by atoms with van der Waals surface area (Å²) in [7, 11) is -7.48. The van der Waals surface area contributed by atoms with Crippen LogP contribution in [0.25, 0.3) is 0 Å². The Morgan fingerprint density at radius 1 is 1.00 bits per heavy atom.